The Balaban J connectivity index is 1.14. The van der Waals surface area contributed by atoms with Crippen LogP contribution in [0.15, 0.2) is 91.0 Å². The number of hydrogen-bond acceptors (Lipinski definition) is 8. The zero-order valence-electron chi connectivity index (χ0n) is 31.2. The summed E-state index contributed by atoms with van der Waals surface area (Å²) in [4.78, 5) is 36.3. The minimum atomic E-state index is -0.229. The maximum absolute atomic E-state index is 15.2. The Morgan fingerprint density at radius 3 is 2.41 bits per heavy atom. The Kier molecular flexibility index (Phi) is 9.67. The molecule has 284 valence electrons. The van der Waals surface area contributed by atoms with E-state index in [4.69, 9.17) is 14.2 Å². The van der Waals surface area contributed by atoms with Crippen molar-refractivity contribution in [1.82, 2.24) is 14.4 Å². The highest BCUT2D eigenvalue weighted by atomic mass is 16.7. The number of carbonyl (C=O) groups excluding carboxylic acids is 2. The molecule has 0 aliphatic carbocycles. The maximum Gasteiger partial charge on any atom is 0.260 e. The lowest BCUT2D eigenvalue weighted by molar-refractivity contribution is 0.0193. The largest absolute Gasteiger partial charge is 0.508 e. The molecule has 11 nitrogen and oxygen atoms in total. The van der Waals surface area contributed by atoms with E-state index in [9.17, 15) is 15.2 Å². The molecule has 1 saturated heterocycles. The summed E-state index contributed by atoms with van der Waals surface area (Å²) >= 11 is 0. The quantitative estimate of drug-likeness (QED) is 0.190. The zero-order valence-corrected chi connectivity index (χ0v) is 31.2. The molecule has 0 unspecified atom stereocenters. The van der Waals surface area contributed by atoms with Gasteiger partial charge in [-0.25, -0.2) is 0 Å². The molecule has 0 bridgehead atoms. The molecule has 5 aromatic rings. The van der Waals surface area contributed by atoms with E-state index in [0.29, 0.717) is 77.7 Å². The van der Waals surface area contributed by atoms with Crippen LogP contribution in [0.25, 0.3) is 11.3 Å². The second kappa shape index (κ2) is 15.2. The van der Waals surface area contributed by atoms with Gasteiger partial charge in [0, 0.05) is 61.4 Å². The van der Waals surface area contributed by atoms with Gasteiger partial charge in [-0.2, -0.15) is 5.26 Å². The fourth-order valence-corrected chi connectivity index (χ4v) is 8.64. The first kappa shape index (κ1) is 35.6. The number of rotatable bonds is 8. The van der Waals surface area contributed by atoms with Crippen molar-refractivity contribution in [2.45, 2.75) is 51.4 Å². The van der Waals surface area contributed by atoms with Gasteiger partial charge < -0.3 is 33.7 Å². The number of fused-ring (bicyclic) bond motifs is 3. The number of phenolic OH excluding ortho intramolecular Hbond substituents is 1. The average molecular weight is 750 g/mol. The minimum Gasteiger partial charge on any atom is -0.508 e. The second-order valence-electron chi connectivity index (χ2n) is 14.9. The third-order valence-corrected chi connectivity index (χ3v) is 11.6. The van der Waals surface area contributed by atoms with Gasteiger partial charge in [-0.3, -0.25) is 14.5 Å². The van der Waals surface area contributed by atoms with Crippen molar-refractivity contribution in [2.24, 2.45) is 0 Å². The van der Waals surface area contributed by atoms with Gasteiger partial charge in [0.15, 0.2) is 11.5 Å². The van der Waals surface area contributed by atoms with Gasteiger partial charge in [0.2, 0.25) is 6.79 Å². The van der Waals surface area contributed by atoms with Crippen molar-refractivity contribution in [3.8, 4) is 34.6 Å². The Morgan fingerprint density at radius 1 is 0.857 bits per heavy atom. The van der Waals surface area contributed by atoms with Crippen LogP contribution in [0.3, 0.4) is 0 Å². The van der Waals surface area contributed by atoms with E-state index >= 15 is 4.79 Å². The van der Waals surface area contributed by atoms with Crippen molar-refractivity contribution >= 4 is 17.5 Å². The van der Waals surface area contributed by atoms with E-state index < -0.39 is 0 Å². The topological polar surface area (TPSA) is 121 Å². The first-order valence-electron chi connectivity index (χ1n) is 19.4. The number of ether oxygens (including phenoxy) is 3. The Bertz CT molecular complexity index is 2340. The normalized spacial score (nSPS) is 17.5. The Hall–Kier alpha value is -6.09. The van der Waals surface area contributed by atoms with E-state index in [2.05, 4.69) is 33.7 Å². The summed E-state index contributed by atoms with van der Waals surface area (Å²) in [5.74, 6) is 0.849. The molecule has 0 spiro atoms. The molecule has 1 aromatic heterocycles. The monoisotopic (exact) mass is 749 g/mol. The van der Waals surface area contributed by atoms with Crippen molar-refractivity contribution in [3.63, 3.8) is 0 Å². The summed E-state index contributed by atoms with van der Waals surface area (Å²) in [5, 5.41) is 20.0. The van der Waals surface area contributed by atoms with Gasteiger partial charge in [-0.05, 0) is 90.9 Å². The number of amides is 2. The molecule has 1 fully saturated rings. The third kappa shape index (κ3) is 6.76. The third-order valence-electron chi connectivity index (χ3n) is 11.6. The molecule has 4 aromatic carbocycles. The van der Waals surface area contributed by atoms with Crippen molar-refractivity contribution in [3.05, 3.63) is 130 Å². The highest BCUT2D eigenvalue weighted by molar-refractivity contribution is 6.09. The number of aromatic hydroxyl groups is 1. The molecule has 5 heterocycles. The van der Waals surface area contributed by atoms with E-state index in [0.717, 1.165) is 55.8 Å². The van der Waals surface area contributed by atoms with Crippen LogP contribution in [-0.2, 0) is 37.2 Å². The van der Waals surface area contributed by atoms with Gasteiger partial charge in [0.25, 0.3) is 11.8 Å². The van der Waals surface area contributed by atoms with E-state index in [1.807, 2.05) is 47.4 Å². The molecular formula is C45H43N5O6. The Labute approximate surface area is 325 Å². The molecule has 4 aliphatic heterocycles. The maximum atomic E-state index is 15.2. The summed E-state index contributed by atoms with van der Waals surface area (Å²) in [6.07, 6.45) is 3.29. The number of aromatic nitrogens is 1. The zero-order chi connectivity index (χ0) is 38.2. The number of nitrogens with zero attached hydrogens (tertiary/aromatic N) is 5. The fraction of sp³-hybridized carbons (Fsp3) is 0.311. The molecule has 2 amide bonds. The van der Waals surface area contributed by atoms with Gasteiger partial charge in [-0.1, -0.05) is 42.5 Å². The van der Waals surface area contributed by atoms with Crippen LogP contribution in [0.2, 0.25) is 0 Å². The van der Waals surface area contributed by atoms with Gasteiger partial charge >= 0.3 is 0 Å². The van der Waals surface area contributed by atoms with Crippen molar-refractivity contribution in [1.29, 1.82) is 5.26 Å². The van der Waals surface area contributed by atoms with Crippen LogP contribution in [0.1, 0.15) is 61.5 Å². The number of morpholine rings is 1. The SMILES string of the molecule is N#Cc1ccccc1CN(C(=O)c1cc(-c2cc3c(cc2C(=O)N2Cc4ccccc4C[C@H]2CN2CCOCC2)OCO3)n2c1CCCC2)c1ccc(O)cc1. The molecule has 4 aliphatic rings. The van der Waals surface area contributed by atoms with Crippen LogP contribution >= 0.6 is 0 Å². The molecule has 0 saturated carbocycles. The highest BCUT2D eigenvalue weighted by Crippen LogP contribution is 2.42. The molecule has 0 radical (unpaired) electrons. The summed E-state index contributed by atoms with van der Waals surface area (Å²) < 4.78 is 19.6. The molecule has 56 heavy (non-hydrogen) atoms. The lowest BCUT2D eigenvalue weighted by atomic mass is 9.92. The first-order valence-corrected chi connectivity index (χ1v) is 19.4. The molecule has 1 atom stereocenters. The van der Waals surface area contributed by atoms with E-state index in [-0.39, 0.29) is 36.9 Å². The predicted molar refractivity (Wildman–Crippen MR) is 210 cm³/mol. The van der Waals surface area contributed by atoms with Crippen LogP contribution in [0.4, 0.5) is 5.69 Å². The standard InChI is InChI=1S/C45H43N5O6/c46-25-31-8-2-4-10-33(31)27-49(34-12-14-36(51)15-13-34)45(53)39-22-41(48-16-6-5-11-40(39)48)37-23-42-43(56-29-55-42)24-38(37)44(52)50-26-32-9-3-1-7-30(32)21-35(50)28-47-17-19-54-20-18-47/h1-4,7-10,12-15,22-24,35,51H,5-6,11,16-21,26-29H2/t35-/m0/s1. The van der Waals surface area contributed by atoms with Crippen LogP contribution < -0.4 is 14.4 Å². The van der Waals surface area contributed by atoms with Gasteiger partial charge in [-0.15, -0.1) is 0 Å². The smallest absolute Gasteiger partial charge is 0.260 e. The molecular weight excluding hydrogens is 707 g/mol. The average Bonchev–Trinajstić information content (AvgIpc) is 3.87. The summed E-state index contributed by atoms with van der Waals surface area (Å²) in [7, 11) is 0. The van der Waals surface area contributed by atoms with Crippen molar-refractivity contribution < 1.29 is 28.9 Å². The van der Waals surface area contributed by atoms with Crippen molar-refractivity contribution in [2.75, 3.05) is 44.5 Å². The number of phenols is 1. The lowest BCUT2D eigenvalue weighted by Gasteiger charge is -2.40. The van der Waals surface area contributed by atoms with Crippen LogP contribution in [0, 0.1) is 11.3 Å². The number of carbonyl (C=O) groups is 2. The minimum absolute atomic E-state index is 0.0534. The second-order valence-corrected chi connectivity index (χ2v) is 14.9. The van der Waals surface area contributed by atoms with Crippen LogP contribution in [-0.4, -0.2) is 77.0 Å². The highest BCUT2D eigenvalue weighted by Gasteiger charge is 2.36. The summed E-state index contributed by atoms with van der Waals surface area (Å²) in [6.45, 7) is 5.14. The van der Waals surface area contributed by atoms with E-state index in [1.54, 1.807) is 35.2 Å². The van der Waals surface area contributed by atoms with E-state index in [1.165, 1.54) is 5.56 Å². The lowest BCUT2D eigenvalue weighted by Crippen LogP contribution is -2.52. The van der Waals surface area contributed by atoms with Crippen LogP contribution in [0.5, 0.6) is 17.2 Å². The number of nitriles is 1. The Morgan fingerprint density at radius 2 is 1.61 bits per heavy atom. The number of hydrogen-bond donors (Lipinski definition) is 1. The molecule has 11 heteroatoms. The fourth-order valence-electron chi connectivity index (χ4n) is 8.64. The predicted octanol–water partition coefficient (Wildman–Crippen LogP) is 6.54. The van der Waals surface area contributed by atoms with Gasteiger partial charge in [0.1, 0.15) is 5.75 Å². The molecule has 1 N–H and O–H groups in total. The number of anilines is 1. The summed E-state index contributed by atoms with van der Waals surface area (Å²) in [6, 6.07) is 30.0. The summed E-state index contributed by atoms with van der Waals surface area (Å²) in [5.41, 5.74) is 7.60. The van der Waals surface area contributed by atoms with Gasteiger partial charge in [0.05, 0.1) is 42.5 Å². The number of benzene rings is 4. The first-order chi connectivity index (χ1) is 27.4. The molecule has 9 rings (SSSR count).